The van der Waals surface area contributed by atoms with Crippen molar-refractivity contribution in [3.63, 3.8) is 0 Å². The van der Waals surface area contributed by atoms with Crippen LogP contribution in [0, 0.1) is 6.92 Å². The van der Waals surface area contributed by atoms with Crippen LogP contribution in [0.25, 0.3) is 21.9 Å². The molecule has 0 aliphatic heterocycles. The predicted molar refractivity (Wildman–Crippen MR) is 109 cm³/mol. The first-order valence-corrected chi connectivity index (χ1v) is 9.43. The van der Waals surface area contributed by atoms with Crippen molar-refractivity contribution in [2.75, 3.05) is 0 Å². The summed E-state index contributed by atoms with van der Waals surface area (Å²) in [5, 5.41) is 2.68. The highest BCUT2D eigenvalue weighted by Crippen LogP contribution is 2.46. The van der Waals surface area contributed by atoms with Crippen molar-refractivity contribution in [3.8, 4) is 11.1 Å². The summed E-state index contributed by atoms with van der Waals surface area (Å²) in [4.78, 5) is 0. The van der Waals surface area contributed by atoms with Gasteiger partial charge in [-0.25, -0.2) is 0 Å². The van der Waals surface area contributed by atoms with Crippen LogP contribution < -0.4 is 0 Å². The smallest absolute Gasteiger partial charge is 0.0100 e. The van der Waals surface area contributed by atoms with Gasteiger partial charge < -0.3 is 0 Å². The zero-order chi connectivity index (χ0) is 17.8. The highest BCUT2D eigenvalue weighted by atomic mass is 14.4. The average molecular weight is 328 g/mol. The van der Waals surface area contributed by atoms with Crippen LogP contribution in [-0.2, 0) is 10.8 Å². The van der Waals surface area contributed by atoms with Crippen LogP contribution in [0.3, 0.4) is 0 Å². The molecule has 25 heavy (non-hydrogen) atoms. The van der Waals surface area contributed by atoms with E-state index in [0.29, 0.717) is 0 Å². The Hall–Kier alpha value is -2.08. The van der Waals surface area contributed by atoms with E-state index in [2.05, 4.69) is 89.2 Å². The van der Waals surface area contributed by atoms with Crippen molar-refractivity contribution in [1.29, 1.82) is 0 Å². The molecule has 0 saturated carbocycles. The molecule has 0 heteroatoms. The summed E-state index contributed by atoms with van der Waals surface area (Å²) in [6.07, 6.45) is 2.52. The van der Waals surface area contributed by atoms with Gasteiger partial charge in [0.2, 0.25) is 0 Å². The van der Waals surface area contributed by atoms with Gasteiger partial charge >= 0.3 is 0 Å². The first kappa shape index (κ1) is 16.4. The Kier molecular flexibility index (Phi) is 3.58. The molecule has 0 heterocycles. The van der Waals surface area contributed by atoms with E-state index in [4.69, 9.17) is 0 Å². The molecule has 128 valence electrons. The van der Waals surface area contributed by atoms with E-state index in [1.165, 1.54) is 51.4 Å². The molecule has 0 amide bonds. The van der Waals surface area contributed by atoms with Gasteiger partial charge in [0, 0.05) is 0 Å². The summed E-state index contributed by atoms with van der Waals surface area (Å²) < 4.78 is 0. The molecule has 3 aromatic rings. The third-order valence-corrected chi connectivity index (χ3v) is 6.28. The molecule has 0 spiro atoms. The van der Waals surface area contributed by atoms with E-state index in [0.717, 1.165) is 0 Å². The van der Waals surface area contributed by atoms with Crippen molar-refractivity contribution in [2.24, 2.45) is 0 Å². The van der Waals surface area contributed by atoms with E-state index in [9.17, 15) is 0 Å². The van der Waals surface area contributed by atoms with Gasteiger partial charge in [0.05, 0.1) is 0 Å². The Morgan fingerprint density at radius 2 is 1.32 bits per heavy atom. The molecule has 4 rings (SSSR count). The molecule has 0 aromatic heterocycles. The zero-order valence-electron chi connectivity index (χ0n) is 16.1. The Labute approximate surface area is 151 Å². The van der Waals surface area contributed by atoms with Crippen molar-refractivity contribution in [3.05, 3.63) is 71.3 Å². The monoisotopic (exact) mass is 328 g/mol. The second-order valence-electron chi connectivity index (χ2n) is 9.04. The van der Waals surface area contributed by atoms with Crippen molar-refractivity contribution < 1.29 is 0 Å². The lowest BCUT2D eigenvalue weighted by atomic mass is 9.63. The second-order valence-corrected chi connectivity index (χ2v) is 9.04. The molecule has 0 fully saturated rings. The molecule has 0 radical (unpaired) electrons. The largest absolute Gasteiger partial charge is 0.0614 e. The fourth-order valence-corrected chi connectivity index (χ4v) is 4.39. The lowest BCUT2D eigenvalue weighted by Crippen LogP contribution is -2.33. The van der Waals surface area contributed by atoms with Gasteiger partial charge in [-0.3, -0.25) is 0 Å². The third kappa shape index (κ3) is 2.68. The number of hydrogen-bond acceptors (Lipinski definition) is 0. The molecule has 0 atom stereocenters. The standard InChI is InChI=1S/C25H28/c1-17-7-6-8-20-15-18(9-11-21(17)20)19-10-12-22-23(16-19)25(4,5)14-13-24(22,2)3/h6-12,15-16H,13-14H2,1-5H3. The van der Waals surface area contributed by atoms with Crippen molar-refractivity contribution in [2.45, 2.75) is 58.3 Å². The van der Waals surface area contributed by atoms with E-state index in [1.54, 1.807) is 0 Å². The highest BCUT2D eigenvalue weighted by Gasteiger charge is 2.36. The van der Waals surface area contributed by atoms with Gasteiger partial charge in [0.15, 0.2) is 0 Å². The van der Waals surface area contributed by atoms with E-state index in [-0.39, 0.29) is 10.8 Å². The van der Waals surface area contributed by atoms with Gasteiger partial charge in [0.1, 0.15) is 0 Å². The molecule has 0 N–H and O–H groups in total. The van der Waals surface area contributed by atoms with Crippen LogP contribution in [0.1, 0.15) is 57.2 Å². The van der Waals surface area contributed by atoms with Crippen LogP contribution in [0.4, 0.5) is 0 Å². The molecule has 1 aliphatic rings. The molecule has 0 unspecified atom stereocenters. The number of benzene rings is 3. The number of rotatable bonds is 1. The Balaban J connectivity index is 1.88. The summed E-state index contributed by atoms with van der Waals surface area (Å²) in [6, 6.07) is 20.6. The van der Waals surface area contributed by atoms with E-state index < -0.39 is 0 Å². The Bertz CT molecular complexity index is 957. The van der Waals surface area contributed by atoms with Gasteiger partial charge in [-0.15, -0.1) is 0 Å². The topological polar surface area (TPSA) is 0 Å². The first-order chi connectivity index (χ1) is 11.8. The average Bonchev–Trinajstić information content (AvgIpc) is 2.59. The van der Waals surface area contributed by atoms with E-state index >= 15 is 0 Å². The van der Waals surface area contributed by atoms with Crippen LogP contribution in [-0.4, -0.2) is 0 Å². The number of aryl methyl sites for hydroxylation is 1. The summed E-state index contributed by atoms with van der Waals surface area (Å²) in [7, 11) is 0. The molecular weight excluding hydrogens is 300 g/mol. The normalized spacial score (nSPS) is 18.1. The summed E-state index contributed by atoms with van der Waals surface area (Å²) in [5.74, 6) is 0. The summed E-state index contributed by atoms with van der Waals surface area (Å²) in [6.45, 7) is 11.8. The molecule has 3 aromatic carbocycles. The van der Waals surface area contributed by atoms with Crippen molar-refractivity contribution in [1.82, 2.24) is 0 Å². The minimum Gasteiger partial charge on any atom is -0.0614 e. The second kappa shape index (κ2) is 5.46. The van der Waals surface area contributed by atoms with Gasteiger partial charge in [0.25, 0.3) is 0 Å². The van der Waals surface area contributed by atoms with E-state index in [1.807, 2.05) is 0 Å². The van der Waals surface area contributed by atoms with Gasteiger partial charge in [-0.2, -0.15) is 0 Å². The van der Waals surface area contributed by atoms with Gasteiger partial charge in [-0.05, 0) is 75.3 Å². The molecule has 0 saturated heterocycles. The Morgan fingerprint density at radius 3 is 2.08 bits per heavy atom. The Morgan fingerprint density at radius 1 is 0.680 bits per heavy atom. The maximum Gasteiger partial charge on any atom is -0.0100 e. The minimum absolute atomic E-state index is 0.258. The SMILES string of the molecule is Cc1cccc2cc(-c3ccc4c(c3)C(C)(C)CCC4(C)C)ccc12. The van der Waals surface area contributed by atoms with Crippen LogP contribution in [0.2, 0.25) is 0 Å². The quantitative estimate of drug-likeness (QED) is 0.444. The van der Waals surface area contributed by atoms with Crippen LogP contribution in [0.15, 0.2) is 54.6 Å². The zero-order valence-corrected chi connectivity index (χ0v) is 16.1. The lowest BCUT2D eigenvalue weighted by Gasteiger charge is -2.42. The molecule has 0 bridgehead atoms. The van der Waals surface area contributed by atoms with Crippen LogP contribution in [0.5, 0.6) is 0 Å². The van der Waals surface area contributed by atoms with Gasteiger partial charge in [-0.1, -0.05) is 76.2 Å². The predicted octanol–water partition coefficient (Wildman–Crippen LogP) is 7.16. The lowest BCUT2D eigenvalue weighted by molar-refractivity contribution is 0.332. The number of fused-ring (bicyclic) bond motifs is 2. The first-order valence-electron chi connectivity index (χ1n) is 9.43. The highest BCUT2D eigenvalue weighted by molar-refractivity contribution is 5.89. The van der Waals surface area contributed by atoms with Crippen molar-refractivity contribution >= 4 is 10.8 Å². The van der Waals surface area contributed by atoms with Crippen LogP contribution >= 0.6 is 0 Å². The molecule has 1 aliphatic carbocycles. The maximum absolute atomic E-state index is 2.45. The fourth-order valence-electron chi connectivity index (χ4n) is 4.39. The fraction of sp³-hybridized carbons (Fsp3) is 0.360. The number of hydrogen-bond donors (Lipinski definition) is 0. The summed E-state index contributed by atoms with van der Waals surface area (Å²) >= 11 is 0. The molecule has 0 nitrogen and oxygen atoms in total. The third-order valence-electron chi connectivity index (χ3n) is 6.28. The summed E-state index contributed by atoms with van der Waals surface area (Å²) in [5.41, 5.74) is 7.61. The maximum atomic E-state index is 2.45. The molecular formula is C25H28. The minimum atomic E-state index is 0.258.